The van der Waals surface area contributed by atoms with Crippen molar-refractivity contribution in [2.45, 2.75) is 23.6 Å². The van der Waals surface area contributed by atoms with Gasteiger partial charge in [0, 0.05) is 19.1 Å². The van der Waals surface area contributed by atoms with E-state index >= 15 is 0 Å². The van der Waals surface area contributed by atoms with Gasteiger partial charge in [0.2, 0.25) is 0 Å². The molecule has 1 atom stereocenters. The van der Waals surface area contributed by atoms with Crippen LogP contribution in [0.2, 0.25) is 4.34 Å². The minimum absolute atomic E-state index is 0.0610. The third-order valence-electron chi connectivity index (χ3n) is 2.86. The number of likely N-dealkylation sites (N-methyl/N-ethyl adjacent to an activating group) is 1. The van der Waals surface area contributed by atoms with Crippen LogP contribution in [0.4, 0.5) is 0 Å². The van der Waals surface area contributed by atoms with Gasteiger partial charge in [-0.2, -0.15) is 4.31 Å². The Morgan fingerprint density at radius 3 is 2.82 bits per heavy atom. The van der Waals surface area contributed by atoms with Gasteiger partial charge in [0.25, 0.3) is 10.0 Å². The molecule has 0 amide bonds. The second kappa shape index (κ2) is 5.24. The van der Waals surface area contributed by atoms with Crippen molar-refractivity contribution in [2.24, 2.45) is 0 Å². The molecule has 1 aromatic rings. The third-order valence-corrected chi connectivity index (χ3v) is 6.59. The average Bonchev–Trinajstić information content (AvgIpc) is 2.89. The molecule has 2 rings (SSSR count). The number of thiophene rings is 1. The summed E-state index contributed by atoms with van der Waals surface area (Å²) < 4.78 is 27.2. The lowest BCUT2D eigenvalue weighted by Gasteiger charge is -2.25. The summed E-state index contributed by atoms with van der Waals surface area (Å²) in [4.78, 5) is 0. The van der Waals surface area contributed by atoms with Crippen LogP contribution in [-0.4, -0.2) is 38.4 Å². The van der Waals surface area contributed by atoms with Crippen LogP contribution in [-0.2, 0) is 10.0 Å². The molecule has 0 aromatic carbocycles. The highest BCUT2D eigenvalue weighted by molar-refractivity contribution is 7.91. The van der Waals surface area contributed by atoms with Gasteiger partial charge in [-0.15, -0.1) is 11.3 Å². The largest absolute Gasteiger partial charge is 0.315 e. The number of halogens is 1. The lowest BCUT2D eigenvalue weighted by Crippen LogP contribution is -2.41. The fourth-order valence-corrected chi connectivity index (χ4v) is 5.34. The predicted molar refractivity (Wildman–Crippen MR) is 70.2 cm³/mol. The topological polar surface area (TPSA) is 49.4 Å². The summed E-state index contributed by atoms with van der Waals surface area (Å²) in [5.74, 6) is 0. The lowest BCUT2D eigenvalue weighted by molar-refractivity contribution is 0.349. The van der Waals surface area contributed by atoms with Crippen LogP contribution in [0.25, 0.3) is 0 Å². The maximum Gasteiger partial charge on any atom is 0.252 e. The Labute approximate surface area is 111 Å². The zero-order chi connectivity index (χ0) is 12.5. The van der Waals surface area contributed by atoms with Gasteiger partial charge >= 0.3 is 0 Å². The summed E-state index contributed by atoms with van der Waals surface area (Å²) in [7, 11) is -3.39. The molecule has 1 aliphatic rings. The van der Waals surface area contributed by atoms with Crippen molar-refractivity contribution in [1.29, 1.82) is 0 Å². The molecule has 96 valence electrons. The summed E-state index contributed by atoms with van der Waals surface area (Å²) in [5.41, 5.74) is 0. The Kier molecular flexibility index (Phi) is 4.10. The fourth-order valence-electron chi connectivity index (χ4n) is 2.06. The molecule has 1 aliphatic heterocycles. The first-order valence-electron chi connectivity index (χ1n) is 5.53. The number of nitrogens with zero attached hydrogens (tertiary/aromatic N) is 1. The summed E-state index contributed by atoms with van der Waals surface area (Å²) in [6.45, 7) is 3.96. The SMILES string of the molecule is CCN(C1CCNC1)S(=O)(=O)c1ccc(Cl)s1. The Morgan fingerprint density at radius 2 is 2.35 bits per heavy atom. The maximum atomic E-state index is 12.4. The van der Waals surface area contributed by atoms with Crippen LogP contribution in [0.1, 0.15) is 13.3 Å². The minimum Gasteiger partial charge on any atom is -0.315 e. The molecule has 7 heteroatoms. The molecule has 1 fully saturated rings. The molecule has 1 N–H and O–H groups in total. The summed E-state index contributed by atoms with van der Waals surface area (Å²) in [5, 5.41) is 3.19. The number of hydrogen-bond donors (Lipinski definition) is 1. The van der Waals surface area contributed by atoms with Crippen molar-refractivity contribution in [3.8, 4) is 0 Å². The van der Waals surface area contributed by atoms with Gasteiger partial charge in [-0.3, -0.25) is 0 Å². The average molecular weight is 295 g/mol. The van der Waals surface area contributed by atoms with Crippen LogP contribution in [0.5, 0.6) is 0 Å². The normalized spacial score (nSPS) is 21.2. The zero-order valence-electron chi connectivity index (χ0n) is 9.52. The molecule has 17 heavy (non-hydrogen) atoms. The van der Waals surface area contributed by atoms with E-state index in [9.17, 15) is 8.42 Å². The predicted octanol–water partition coefficient (Wildman–Crippen LogP) is 1.77. The van der Waals surface area contributed by atoms with E-state index in [1.165, 1.54) is 0 Å². The van der Waals surface area contributed by atoms with Crippen molar-refractivity contribution >= 4 is 33.0 Å². The fraction of sp³-hybridized carbons (Fsp3) is 0.600. The van der Waals surface area contributed by atoms with Crippen molar-refractivity contribution < 1.29 is 8.42 Å². The van der Waals surface area contributed by atoms with Gasteiger partial charge in [-0.1, -0.05) is 18.5 Å². The van der Waals surface area contributed by atoms with Gasteiger partial charge in [0.1, 0.15) is 4.21 Å². The molecule has 0 radical (unpaired) electrons. The van der Waals surface area contributed by atoms with E-state index in [1.54, 1.807) is 16.4 Å². The van der Waals surface area contributed by atoms with E-state index < -0.39 is 10.0 Å². The molecular formula is C10H15ClN2O2S2. The van der Waals surface area contributed by atoms with Crippen LogP contribution < -0.4 is 5.32 Å². The maximum absolute atomic E-state index is 12.4. The summed E-state index contributed by atoms with van der Waals surface area (Å²) >= 11 is 6.91. The van der Waals surface area contributed by atoms with Gasteiger partial charge in [-0.25, -0.2) is 8.42 Å². The van der Waals surface area contributed by atoms with Crippen LogP contribution in [0.15, 0.2) is 16.3 Å². The Balaban J connectivity index is 2.29. The highest BCUT2D eigenvalue weighted by Crippen LogP contribution is 2.29. The lowest BCUT2D eigenvalue weighted by atomic mass is 10.3. The van der Waals surface area contributed by atoms with E-state index in [0.29, 0.717) is 15.1 Å². The molecule has 0 aliphatic carbocycles. The van der Waals surface area contributed by atoms with Crippen LogP contribution in [0, 0.1) is 0 Å². The molecule has 1 unspecified atom stereocenters. The van der Waals surface area contributed by atoms with Gasteiger partial charge in [0.15, 0.2) is 0 Å². The molecule has 0 spiro atoms. The second-order valence-corrected chi connectivity index (χ2v) is 7.75. The standard InChI is InChI=1S/C10H15ClN2O2S2/c1-2-13(8-5-6-12-7-8)17(14,15)10-4-3-9(11)16-10/h3-4,8,12H,2,5-7H2,1H3. The molecule has 0 saturated carbocycles. The third kappa shape index (κ3) is 2.66. The molecule has 0 bridgehead atoms. The number of sulfonamides is 1. The number of nitrogens with one attached hydrogen (secondary N) is 1. The van der Waals surface area contributed by atoms with E-state index in [0.717, 1.165) is 30.8 Å². The Morgan fingerprint density at radius 1 is 1.59 bits per heavy atom. The highest BCUT2D eigenvalue weighted by atomic mass is 35.5. The van der Waals surface area contributed by atoms with Gasteiger partial charge < -0.3 is 5.32 Å². The first-order chi connectivity index (χ1) is 8.05. The Bertz CT molecular complexity index is 480. The van der Waals surface area contributed by atoms with Crippen molar-refractivity contribution in [1.82, 2.24) is 9.62 Å². The summed E-state index contributed by atoms with van der Waals surface area (Å²) in [6, 6.07) is 3.26. The molecule has 2 heterocycles. The highest BCUT2D eigenvalue weighted by Gasteiger charge is 2.32. The second-order valence-electron chi connectivity index (χ2n) is 3.91. The minimum atomic E-state index is -3.39. The molecule has 4 nitrogen and oxygen atoms in total. The van der Waals surface area contributed by atoms with Crippen molar-refractivity contribution in [3.05, 3.63) is 16.5 Å². The van der Waals surface area contributed by atoms with Crippen molar-refractivity contribution in [3.63, 3.8) is 0 Å². The quantitative estimate of drug-likeness (QED) is 0.921. The van der Waals surface area contributed by atoms with Gasteiger partial charge in [-0.05, 0) is 25.1 Å². The first kappa shape index (κ1) is 13.3. The summed E-state index contributed by atoms with van der Waals surface area (Å²) in [6.07, 6.45) is 0.867. The van der Waals surface area contributed by atoms with Gasteiger partial charge in [0.05, 0.1) is 4.34 Å². The molecule has 1 saturated heterocycles. The zero-order valence-corrected chi connectivity index (χ0v) is 11.9. The first-order valence-corrected chi connectivity index (χ1v) is 8.17. The Hall–Kier alpha value is -0.140. The van der Waals surface area contributed by atoms with E-state index in [1.807, 2.05) is 6.92 Å². The van der Waals surface area contributed by atoms with E-state index in [2.05, 4.69) is 5.32 Å². The van der Waals surface area contributed by atoms with E-state index in [-0.39, 0.29) is 6.04 Å². The van der Waals surface area contributed by atoms with Crippen LogP contribution in [0.3, 0.4) is 0 Å². The van der Waals surface area contributed by atoms with Crippen molar-refractivity contribution in [2.75, 3.05) is 19.6 Å². The molecular weight excluding hydrogens is 280 g/mol. The number of hydrogen-bond acceptors (Lipinski definition) is 4. The van der Waals surface area contributed by atoms with E-state index in [4.69, 9.17) is 11.6 Å². The molecule has 1 aromatic heterocycles. The monoisotopic (exact) mass is 294 g/mol. The smallest absolute Gasteiger partial charge is 0.252 e. The van der Waals surface area contributed by atoms with Crippen LogP contribution >= 0.6 is 22.9 Å². The number of rotatable bonds is 4.